The lowest BCUT2D eigenvalue weighted by molar-refractivity contribution is 0.241. The maximum Gasteiger partial charge on any atom is 0.0620 e. The lowest BCUT2D eigenvalue weighted by Crippen LogP contribution is -2.30. The molecule has 3 nitrogen and oxygen atoms in total. The Morgan fingerprint density at radius 2 is 2.25 bits per heavy atom. The number of aromatic nitrogens is 2. The first kappa shape index (κ1) is 11.5. The van der Waals surface area contributed by atoms with E-state index < -0.39 is 0 Å². The van der Waals surface area contributed by atoms with Crippen LogP contribution in [0.2, 0.25) is 0 Å². The van der Waals surface area contributed by atoms with E-state index >= 15 is 0 Å². The van der Waals surface area contributed by atoms with E-state index in [-0.39, 0.29) is 0 Å². The molecule has 1 fully saturated rings. The number of rotatable bonds is 3. The monoisotopic (exact) mass is 219 g/mol. The first-order valence-electron chi connectivity index (χ1n) is 6.21. The fraction of sp³-hybridized carbons (Fsp3) is 0.692. The van der Waals surface area contributed by atoms with Gasteiger partial charge < -0.3 is 5.32 Å². The molecule has 0 aliphatic heterocycles. The molecule has 16 heavy (non-hydrogen) atoms. The minimum Gasteiger partial charge on any atom is -0.319 e. The van der Waals surface area contributed by atoms with Gasteiger partial charge in [0.05, 0.1) is 5.69 Å². The van der Waals surface area contributed by atoms with Crippen LogP contribution in [0.15, 0.2) is 18.6 Å². The van der Waals surface area contributed by atoms with Crippen molar-refractivity contribution in [1.82, 2.24) is 15.3 Å². The second-order valence-corrected chi connectivity index (χ2v) is 4.97. The molecule has 3 heteroatoms. The normalized spacial score (nSPS) is 30.2. The van der Waals surface area contributed by atoms with E-state index in [1.54, 1.807) is 6.20 Å². The molecule has 1 saturated carbocycles. The van der Waals surface area contributed by atoms with Crippen molar-refractivity contribution in [2.24, 2.45) is 11.8 Å². The van der Waals surface area contributed by atoms with E-state index in [9.17, 15) is 0 Å². The van der Waals surface area contributed by atoms with Gasteiger partial charge in [0.1, 0.15) is 0 Å². The Labute approximate surface area is 97.7 Å². The molecule has 1 heterocycles. The predicted octanol–water partition coefficient (Wildman–Crippen LogP) is 2.22. The van der Waals surface area contributed by atoms with Crippen molar-refractivity contribution < 1.29 is 0 Å². The van der Waals surface area contributed by atoms with Gasteiger partial charge in [-0.3, -0.25) is 9.97 Å². The van der Waals surface area contributed by atoms with E-state index in [4.69, 9.17) is 0 Å². The summed E-state index contributed by atoms with van der Waals surface area (Å²) in [6.45, 7) is 3.44. The van der Waals surface area contributed by atoms with Crippen LogP contribution in [-0.2, 0) is 0 Å². The minimum absolute atomic E-state index is 0.588. The molecule has 1 aliphatic rings. The van der Waals surface area contributed by atoms with Crippen molar-refractivity contribution in [3.63, 3.8) is 0 Å². The van der Waals surface area contributed by atoms with Crippen LogP contribution in [0.1, 0.15) is 37.8 Å². The summed E-state index contributed by atoms with van der Waals surface area (Å²) in [6, 6.07) is 0. The summed E-state index contributed by atoms with van der Waals surface area (Å²) in [5, 5.41) is 3.30. The molecule has 0 bridgehead atoms. The van der Waals surface area contributed by atoms with Crippen LogP contribution in [-0.4, -0.2) is 23.6 Å². The van der Waals surface area contributed by atoms with Crippen LogP contribution < -0.4 is 5.32 Å². The zero-order valence-electron chi connectivity index (χ0n) is 10.2. The van der Waals surface area contributed by atoms with Crippen LogP contribution in [0.3, 0.4) is 0 Å². The van der Waals surface area contributed by atoms with Gasteiger partial charge in [-0.2, -0.15) is 0 Å². The number of hydrogen-bond acceptors (Lipinski definition) is 3. The van der Waals surface area contributed by atoms with Crippen LogP contribution in [0.25, 0.3) is 0 Å². The van der Waals surface area contributed by atoms with Crippen molar-refractivity contribution >= 4 is 0 Å². The Kier molecular flexibility index (Phi) is 3.88. The Balaban J connectivity index is 2.14. The van der Waals surface area contributed by atoms with Crippen molar-refractivity contribution in [2.45, 2.75) is 32.1 Å². The molecule has 0 aromatic carbocycles. The molecule has 1 aliphatic carbocycles. The summed E-state index contributed by atoms with van der Waals surface area (Å²) in [5.74, 6) is 2.13. The van der Waals surface area contributed by atoms with Crippen molar-refractivity contribution in [2.75, 3.05) is 13.6 Å². The van der Waals surface area contributed by atoms with Gasteiger partial charge in [-0.15, -0.1) is 0 Å². The van der Waals surface area contributed by atoms with Gasteiger partial charge in [0.25, 0.3) is 0 Å². The average Bonchev–Trinajstić information content (AvgIpc) is 2.33. The number of nitrogens with zero attached hydrogens (tertiary/aromatic N) is 2. The predicted molar refractivity (Wildman–Crippen MR) is 65.2 cm³/mol. The van der Waals surface area contributed by atoms with Crippen molar-refractivity contribution in [1.29, 1.82) is 0 Å². The standard InChI is InChI=1S/C13H21N3/c1-10-3-4-11(8-14-2)12(7-10)13-9-15-5-6-16-13/h5-6,9-12,14H,3-4,7-8H2,1-2H3. The molecule has 0 amide bonds. The third-order valence-electron chi connectivity index (χ3n) is 3.68. The van der Waals surface area contributed by atoms with Crippen LogP contribution >= 0.6 is 0 Å². The highest BCUT2D eigenvalue weighted by Gasteiger charge is 2.30. The topological polar surface area (TPSA) is 37.8 Å². The average molecular weight is 219 g/mol. The number of nitrogens with one attached hydrogen (secondary N) is 1. The zero-order valence-corrected chi connectivity index (χ0v) is 10.2. The quantitative estimate of drug-likeness (QED) is 0.847. The Hall–Kier alpha value is -0.960. The maximum absolute atomic E-state index is 4.48. The summed E-state index contributed by atoms with van der Waals surface area (Å²) < 4.78 is 0. The lowest BCUT2D eigenvalue weighted by Gasteiger charge is -2.34. The fourth-order valence-corrected chi connectivity index (χ4v) is 2.81. The van der Waals surface area contributed by atoms with E-state index in [0.29, 0.717) is 5.92 Å². The largest absolute Gasteiger partial charge is 0.319 e. The van der Waals surface area contributed by atoms with Gasteiger partial charge in [-0.25, -0.2) is 0 Å². The summed E-state index contributed by atoms with van der Waals surface area (Å²) in [7, 11) is 2.03. The van der Waals surface area contributed by atoms with Crippen molar-refractivity contribution in [3.05, 3.63) is 24.3 Å². The molecule has 1 aromatic rings. The Morgan fingerprint density at radius 1 is 1.38 bits per heavy atom. The zero-order chi connectivity index (χ0) is 11.4. The molecule has 1 N–H and O–H groups in total. The van der Waals surface area contributed by atoms with Crippen molar-refractivity contribution in [3.8, 4) is 0 Å². The van der Waals surface area contributed by atoms with Gasteiger partial charge in [0.2, 0.25) is 0 Å². The van der Waals surface area contributed by atoms with Gasteiger partial charge in [0.15, 0.2) is 0 Å². The molecule has 0 spiro atoms. The maximum atomic E-state index is 4.48. The van der Waals surface area contributed by atoms with Gasteiger partial charge in [-0.05, 0) is 38.3 Å². The minimum atomic E-state index is 0.588. The van der Waals surface area contributed by atoms with E-state index in [2.05, 4.69) is 22.2 Å². The first-order valence-corrected chi connectivity index (χ1v) is 6.21. The third kappa shape index (κ3) is 2.59. The smallest absolute Gasteiger partial charge is 0.0620 e. The number of hydrogen-bond donors (Lipinski definition) is 1. The van der Waals surface area contributed by atoms with Gasteiger partial charge in [0, 0.05) is 24.5 Å². The van der Waals surface area contributed by atoms with Gasteiger partial charge >= 0.3 is 0 Å². The lowest BCUT2D eigenvalue weighted by atomic mass is 9.73. The summed E-state index contributed by atoms with van der Waals surface area (Å²) in [5.41, 5.74) is 1.18. The Bertz CT molecular complexity index is 312. The van der Waals surface area contributed by atoms with Crippen LogP contribution in [0.5, 0.6) is 0 Å². The molecule has 3 atom stereocenters. The summed E-state index contributed by atoms with van der Waals surface area (Å²) in [6.07, 6.45) is 9.41. The second-order valence-electron chi connectivity index (χ2n) is 4.97. The fourth-order valence-electron chi connectivity index (χ4n) is 2.81. The van der Waals surface area contributed by atoms with E-state index in [1.807, 2.05) is 19.4 Å². The highest BCUT2D eigenvalue weighted by Crippen LogP contribution is 2.39. The second kappa shape index (κ2) is 5.39. The molecule has 0 radical (unpaired) electrons. The van der Waals surface area contributed by atoms with Gasteiger partial charge in [-0.1, -0.05) is 13.3 Å². The molecule has 3 unspecified atom stereocenters. The Morgan fingerprint density at radius 3 is 2.94 bits per heavy atom. The molecular formula is C13H21N3. The highest BCUT2D eigenvalue weighted by molar-refractivity contribution is 5.07. The van der Waals surface area contributed by atoms with E-state index in [1.165, 1.54) is 25.0 Å². The van der Waals surface area contributed by atoms with Crippen LogP contribution in [0, 0.1) is 11.8 Å². The molecule has 1 aromatic heterocycles. The summed E-state index contributed by atoms with van der Waals surface area (Å²) >= 11 is 0. The highest BCUT2D eigenvalue weighted by atomic mass is 14.8. The SMILES string of the molecule is CNCC1CCC(C)CC1c1cnccn1. The van der Waals surface area contributed by atoms with Crippen LogP contribution in [0.4, 0.5) is 0 Å². The third-order valence-corrected chi connectivity index (χ3v) is 3.68. The molecule has 88 valence electrons. The molecule has 2 rings (SSSR count). The molecule has 0 saturated heterocycles. The molecular weight excluding hydrogens is 198 g/mol. The van der Waals surface area contributed by atoms with E-state index in [0.717, 1.165) is 18.4 Å². The summed E-state index contributed by atoms with van der Waals surface area (Å²) in [4.78, 5) is 8.68. The first-order chi connectivity index (χ1) is 7.81.